The van der Waals surface area contributed by atoms with Gasteiger partial charge in [-0.3, -0.25) is 0 Å². The van der Waals surface area contributed by atoms with E-state index in [-0.39, 0.29) is 56.9 Å². The van der Waals surface area contributed by atoms with Crippen molar-refractivity contribution in [3.63, 3.8) is 0 Å². The molecule has 2 N–H and O–H groups in total. The first-order chi connectivity index (χ1) is 3.50. The molecule has 1 rings (SSSR count). The van der Waals surface area contributed by atoms with Gasteiger partial charge in [0, 0.05) is 0 Å². The van der Waals surface area contributed by atoms with Crippen LogP contribution in [0.2, 0.25) is 0 Å². The molecule has 0 saturated carbocycles. The summed E-state index contributed by atoms with van der Waals surface area (Å²) >= 11 is 0. The molecular weight excluding hydrogens is 141 g/mol. The molecule has 1 fully saturated rings. The van der Waals surface area contributed by atoms with Gasteiger partial charge in [-0.25, -0.2) is 0 Å². The summed E-state index contributed by atoms with van der Waals surface area (Å²) in [5.74, 6) is 0. The van der Waals surface area contributed by atoms with Crippen LogP contribution in [0.3, 0.4) is 0 Å². The molecule has 0 spiro atoms. The average molecular weight is 155 g/mol. The fourth-order valence-corrected chi connectivity index (χ4v) is 0.979. The molecule has 3 heteroatoms. The summed E-state index contributed by atoms with van der Waals surface area (Å²) in [6, 6.07) is 0. The van der Waals surface area contributed by atoms with Crippen LogP contribution >= 0.6 is 0 Å². The SMILES string of the molecule is C1CCCNCC1.[K+].[OH-]. The standard InChI is InChI=1S/C6H13N.K.H2O/c1-2-4-6-7-5-3-1;;/h7H,1-6H2;;1H2/q;+1;/p-1. The van der Waals surface area contributed by atoms with Crippen molar-refractivity contribution in [2.24, 2.45) is 0 Å². The fourth-order valence-electron chi connectivity index (χ4n) is 0.979. The van der Waals surface area contributed by atoms with Crippen LogP contribution in [0, 0.1) is 0 Å². The second kappa shape index (κ2) is 9.56. The first-order valence-electron chi connectivity index (χ1n) is 3.21. The maximum atomic E-state index is 3.35. The Morgan fingerprint density at radius 2 is 1.22 bits per heavy atom. The maximum Gasteiger partial charge on any atom is 1.00 e. The van der Waals surface area contributed by atoms with Gasteiger partial charge in [0.1, 0.15) is 0 Å². The van der Waals surface area contributed by atoms with Crippen molar-refractivity contribution in [3.8, 4) is 0 Å². The molecule has 1 saturated heterocycles. The number of nitrogens with one attached hydrogen (secondary N) is 1. The predicted octanol–water partition coefficient (Wildman–Crippen LogP) is -2.02. The summed E-state index contributed by atoms with van der Waals surface area (Å²) < 4.78 is 0. The minimum Gasteiger partial charge on any atom is -0.870 e. The minimum atomic E-state index is 0. The van der Waals surface area contributed by atoms with Crippen molar-refractivity contribution in [2.75, 3.05) is 13.1 Å². The van der Waals surface area contributed by atoms with E-state index in [0.29, 0.717) is 0 Å². The van der Waals surface area contributed by atoms with E-state index in [0.717, 1.165) is 0 Å². The Labute approximate surface area is 99.5 Å². The summed E-state index contributed by atoms with van der Waals surface area (Å²) in [7, 11) is 0. The third kappa shape index (κ3) is 7.45. The van der Waals surface area contributed by atoms with Crippen LogP contribution in [-0.2, 0) is 0 Å². The second-order valence-electron chi connectivity index (χ2n) is 2.16. The molecule has 1 aliphatic heterocycles. The Morgan fingerprint density at radius 1 is 0.778 bits per heavy atom. The number of hydrogen-bond acceptors (Lipinski definition) is 2. The Bertz CT molecular complexity index is 32.7. The van der Waals surface area contributed by atoms with E-state index < -0.39 is 0 Å². The van der Waals surface area contributed by atoms with Gasteiger partial charge in [-0.2, -0.15) is 0 Å². The molecule has 50 valence electrons. The fraction of sp³-hybridized carbons (Fsp3) is 1.00. The summed E-state index contributed by atoms with van der Waals surface area (Å²) in [6.45, 7) is 2.50. The van der Waals surface area contributed by atoms with Crippen LogP contribution in [-0.4, -0.2) is 18.6 Å². The van der Waals surface area contributed by atoms with Gasteiger partial charge in [0.2, 0.25) is 0 Å². The monoisotopic (exact) mass is 155 g/mol. The number of hydrogen-bond donors (Lipinski definition) is 1. The van der Waals surface area contributed by atoms with Gasteiger partial charge in [0.25, 0.3) is 0 Å². The van der Waals surface area contributed by atoms with Crippen LogP contribution in [0.4, 0.5) is 0 Å². The first kappa shape index (κ1) is 13.2. The van der Waals surface area contributed by atoms with E-state index in [4.69, 9.17) is 0 Å². The molecule has 0 aromatic heterocycles. The van der Waals surface area contributed by atoms with Crippen molar-refractivity contribution in [2.45, 2.75) is 25.7 Å². The zero-order valence-corrected chi connectivity index (χ0v) is 9.31. The minimum absolute atomic E-state index is 0. The third-order valence-corrected chi connectivity index (χ3v) is 1.46. The van der Waals surface area contributed by atoms with E-state index in [1.165, 1.54) is 38.8 Å². The normalized spacial score (nSPS) is 18.7. The largest absolute Gasteiger partial charge is 1.00 e. The van der Waals surface area contributed by atoms with E-state index in [9.17, 15) is 0 Å². The molecule has 0 amide bonds. The molecule has 0 aromatic rings. The molecular formula is C6H14KNO. The smallest absolute Gasteiger partial charge is 0.870 e. The molecule has 0 aromatic carbocycles. The van der Waals surface area contributed by atoms with Crippen molar-refractivity contribution in [1.29, 1.82) is 0 Å². The summed E-state index contributed by atoms with van der Waals surface area (Å²) in [5, 5.41) is 3.35. The zero-order chi connectivity index (χ0) is 4.95. The van der Waals surface area contributed by atoms with Crippen LogP contribution in [0.5, 0.6) is 0 Å². The molecule has 0 unspecified atom stereocenters. The average Bonchev–Trinajstić information content (AvgIpc) is 1.90. The third-order valence-electron chi connectivity index (χ3n) is 1.46. The van der Waals surface area contributed by atoms with Crippen LogP contribution < -0.4 is 56.7 Å². The number of rotatable bonds is 0. The maximum absolute atomic E-state index is 3.35. The summed E-state index contributed by atoms with van der Waals surface area (Å²) in [4.78, 5) is 0. The van der Waals surface area contributed by atoms with Crippen molar-refractivity contribution in [3.05, 3.63) is 0 Å². The molecule has 0 atom stereocenters. The van der Waals surface area contributed by atoms with E-state index in [1.54, 1.807) is 0 Å². The predicted molar refractivity (Wildman–Crippen MR) is 33.3 cm³/mol. The second-order valence-corrected chi connectivity index (χ2v) is 2.16. The zero-order valence-electron chi connectivity index (χ0n) is 6.19. The molecule has 2 nitrogen and oxygen atoms in total. The molecule has 9 heavy (non-hydrogen) atoms. The Balaban J connectivity index is 0. The molecule has 0 radical (unpaired) electrons. The van der Waals surface area contributed by atoms with Gasteiger partial charge in [-0.1, -0.05) is 12.8 Å². The topological polar surface area (TPSA) is 42.0 Å². The molecule has 0 bridgehead atoms. The molecule has 1 aliphatic rings. The van der Waals surface area contributed by atoms with E-state index in [1.807, 2.05) is 0 Å². The first-order valence-corrected chi connectivity index (χ1v) is 3.21. The quantitative estimate of drug-likeness (QED) is 0.410. The van der Waals surface area contributed by atoms with E-state index >= 15 is 0 Å². The van der Waals surface area contributed by atoms with Crippen molar-refractivity contribution in [1.82, 2.24) is 5.32 Å². The Morgan fingerprint density at radius 3 is 1.67 bits per heavy atom. The van der Waals surface area contributed by atoms with Gasteiger partial charge >= 0.3 is 51.4 Å². The van der Waals surface area contributed by atoms with Gasteiger partial charge in [-0.15, -0.1) is 0 Å². The van der Waals surface area contributed by atoms with Crippen LogP contribution in [0.15, 0.2) is 0 Å². The van der Waals surface area contributed by atoms with Gasteiger partial charge in [-0.05, 0) is 25.9 Å². The Hall–Kier alpha value is 1.56. The van der Waals surface area contributed by atoms with Crippen LogP contribution in [0.1, 0.15) is 25.7 Å². The van der Waals surface area contributed by atoms with E-state index in [2.05, 4.69) is 5.32 Å². The van der Waals surface area contributed by atoms with Crippen LogP contribution in [0.25, 0.3) is 0 Å². The van der Waals surface area contributed by atoms with Gasteiger partial charge in [0.15, 0.2) is 0 Å². The molecule has 1 heterocycles. The Kier molecular flexibility index (Phi) is 14.0. The van der Waals surface area contributed by atoms with Gasteiger partial charge < -0.3 is 10.8 Å². The van der Waals surface area contributed by atoms with Crippen molar-refractivity contribution >= 4 is 0 Å². The summed E-state index contributed by atoms with van der Waals surface area (Å²) in [5.41, 5.74) is 0. The van der Waals surface area contributed by atoms with Gasteiger partial charge in [0.05, 0.1) is 0 Å². The molecule has 0 aliphatic carbocycles. The van der Waals surface area contributed by atoms with Crippen molar-refractivity contribution < 1.29 is 56.9 Å². The summed E-state index contributed by atoms with van der Waals surface area (Å²) in [6.07, 6.45) is 5.65.